The molecule has 1 amide bonds. The second-order valence-corrected chi connectivity index (χ2v) is 8.35. The van der Waals surface area contributed by atoms with Gasteiger partial charge in [0.15, 0.2) is 5.82 Å². The summed E-state index contributed by atoms with van der Waals surface area (Å²) in [6, 6.07) is 19.7. The number of nitrogens with one attached hydrogen (secondary N) is 2. The zero-order chi connectivity index (χ0) is 24.4. The van der Waals surface area contributed by atoms with Crippen LogP contribution in [0.25, 0.3) is 11.4 Å². The predicted molar refractivity (Wildman–Crippen MR) is 135 cm³/mol. The number of ether oxygens (including phenoxy) is 1. The minimum absolute atomic E-state index is 0.292. The van der Waals surface area contributed by atoms with Crippen molar-refractivity contribution in [2.24, 2.45) is 0 Å². The summed E-state index contributed by atoms with van der Waals surface area (Å²) in [4.78, 5) is 22.5. The van der Waals surface area contributed by atoms with Gasteiger partial charge in [-0.25, -0.2) is 9.67 Å². The van der Waals surface area contributed by atoms with E-state index >= 15 is 0 Å². The highest BCUT2D eigenvalue weighted by molar-refractivity contribution is 6.30. The van der Waals surface area contributed by atoms with Gasteiger partial charge in [0, 0.05) is 28.0 Å². The van der Waals surface area contributed by atoms with Crippen LogP contribution in [0.3, 0.4) is 0 Å². The third-order valence-corrected chi connectivity index (χ3v) is 5.87. The molecule has 5 rings (SSSR count). The molecule has 176 valence electrons. The van der Waals surface area contributed by atoms with Gasteiger partial charge in [-0.05, 0) is 56.3 Å². The molecule has 8 nitrogen and oxygen atoms in total. The number of halogens is 1. The highest BCUT2D eigenvalue weighted by Gasteiger charge is 2.36. The molecule has 35 heavy (non-hydrogen) atoms. The van der Waals surface area contributed by atoms with E-state index in [2.05, 4.69) is 15.6 Å². The summed E-state index contributed by atoms with van der Waals surface area (Å²) in [7, 11) is 0. The number of para-hydroxylation sites is 1. The van der Waals surface area contributed by atoms with Gasteiger partial charge in [-0.2, -0.15) is 4.98 Å². The third-order valence-electron chi connectivity index (χ3n) is 5.62. The van der Waals surface area contributed by atoms with Crippen LogP contribution < -0.4 is 15.4 Å². The number of allylic oxidation sites excluding steroid dienone is 1. The molecule has 2 N–H and O–H groups in total. The molecule has 1 unspecified atom stereocenters. The predicted octanol–water partition coefficient (Wildman–Crippen LogP) is 5.32. The van der Waals surface area contributed by atoms with Crippen molar-refractivity contribution in [3.63, 3.8) is 0 Å². The first-order chi connectivity index (χ1) is 17.0. The molecular formula is C26H23ClN6O2. The Balaban J connectivity index is 1.63. The van der Waals surface area contributed by atoms with Crippen molar-refractivity contribution >= 4 is 29.3 Å². The van der Waals surface area contributed by atoms with E-state index in [1.165, 1.54) is 0 Å². The van der Waals surface area contributed by atoms with Crippen LogP contribution in [0.5, 0.6) is 5.75 Å². The van der Waals surface area contributed by atoms with Crippen LogP contribution in [0.1, 0.15) is 25.5 Å². The largest absolute Gasteiger partial charge is 0.494 e. The number of carbonyl (C=O) groups is 1. The summed E-state index contributed by atoms with van der Waals surface area (Å²) in [6.45, 7) is 4.26. The number of pyridine rings is 1. The summed E-state index contributed by atoms with van der Waals surface area (Å²) in [5.41, 5.74) is 2.77. The molecule has 0 aliphatic carbocycles. The lowest BCUT2D eigenvalue weighted by atomic mass is 9.94. The zero-order valence-corrected chi connectivity index (χ0v) is 20.0. The van der Waals surface area contributed by atoms with Gasteiger partial charge in [0.2, 0.25) is 5.95 Å². The molecule has 0 saturated heterocycles. The van der Waals surface area contributed by atoms with Crippen molar-refractivity contribution in [2.45, 2.75) is 19.9 Å². The van der Waals surface area contributed by atoms with Crippen LogP contribution in [0.15, 0.2) is 84.2 Å². The minimum Gasteiger partial charge on any atom is -0.494 e. The first-order valence-corrected chi connectivity index (χ1v) is 11.6. The van der Waals surface area contributed by atoms with Crippen LogP contribution >= 0.6 is 11.6 Å². The van der Waals surface area contributed by atoms with Gasteiger partial charge < -0.3 is 15.4 Å². The van der Waals surface area contributed by atoms with Crippen LogP contribution in [-0.4, -0.2) is 32.3 Å². The Morgan fingerprint density at radius 3 is 2.63 bits per heavy atom. The third kappa shape index (κ3) is 4.48. The van der Waals surface area contributed by atoms with Crippen molar-refractivity contribution in [3.8, 4) is 17.1 Å². The van der Waals surface area contributed by atoms with Crippen molar-refractivity contribution in [3.05, 3.63) is 94.8 Å². The Bertz CT molecular complexity index is 1400. The first kappa shape index (κ1) is 22.6. The highest BCUT2D eigenvalue weighted by Crippen LogP contribution is 2.40. The average Bonchev–Trinajstić information content (AvgIpc) is 3.28. The van der Waals surface area contributed by atoms with Gasteiger partial charge in [0.05, 0.1) is 12.2 Å². The molecule has 1 aliphatic rings. The SMILES string of the molecule is CCOc1ccccc1C1C(C(=O)Nc2ccccn2)=C(C)Nc2nc(-c3ccc(Cl)cc3)nn21. The highest BCUT2D eigenvalue weighted by atomic mass is 35.5. The Morgan fingerprint density at radius 2 is 1.89 bits per heavy atom. The molecule has 0 spiro atoms. The first-order valence-electron chi connectivity index (χ1n) is 11.2. The molecule has 2 aromatic heterocycles. The number of carbonyl (C=O) groups excluding carboxylic acids is 1. The van der Waals surface area contributed by atoms with Gasteiger partial charge in [-0.1, -0.05) is 35.9 Å². The maximum Gasteiger partial charge on any atom is 0.257 e. The van der Waals surface area contributed by atoms with Crippen LogP contribution in [-0.2, 0) is 4.79 Å². The van der Waals surface area contributed by atoms with Gasteiger partial charge in [-0.3, -0.25) is 4.79 Å². The number of amides is 1. The fourth-order valence-electron chi connectivity index (χ4n) is 4.07. The maximum atomic E-state index is 13.6. The van der Waals surface area contributed by atoms with E-state index in [0.717, 1.165) is 11.1 Å². The molecular weight excluding hydrogens is 464 g/mol. The van der Waals surface area contributed by atoms with E-state index in [0.29, 0.717) is 46.2 Å². The number of aromatic nitrogens is 4. The summed E-state index contributed by atoms with van der Waals surface area (Å²) in [6.07, 6.45) is 1.63. The minimum atomic E-state index is -0.578. The molecule has 1 aliphatic heterocycles. The Morgan fingerprint density at radius 1 is 1.11 bits per heavy atom. The number of nitrogens with zero attached hydrogens (tertiary/aromatic N) is 4. The quantitative estimate of drug-likeness (QED) is 0.383. The van der Waals surface area contributed by atoms with Crippen molar-refractivity contribution in [1.82, 2.24) is 19.7 Å². The summed E-state index contributed by atoms with van der Waals surface area (Å²) in [5.74, 6) is 1.88. The average molecular weight is 487 g/mol. The Hall–Kier alpha value is -4.17. The zero-order valence-electron chi connectivity index (χ0n) is 19.2. The van der Waals surface area contributed by atoms with E-state index in [4.69, 9.17) is 26.4 Å². The Labute approximate surface area is 207 Å². The molecule has 0 bridgehead atoms. The molecule has 4 aromatic rings. The molecule has 1 atom stereocenters. The van der Waals surface area contributed by atoms with E-state index in [1.807, 2.05) is 56.3 Å². The lowest BCUT2D eigenvalue weighted by Crippen LogP contribution is -2.32. The lowest BCUT2D eigenvalue weighted by molar-refractivity contribution is -0.113. The van der Waals surface area contributed by atoms with Gasteiger partial charge in [0.25, 0.3) is 5.91 Å². The van der Waals surface area contributed by atoms with Crippen molar-refractivity contribution in [2.75, 3.05) is 17.2 Å². The topological polar surface area (TPSA) is 94.0 Å². The van der Waals surface area contributed by atoms with Crippen LogP contribution in [0.2, 0.25) is 5.02 Å². The van der Waals surface area contributed by atoms with Gasteiger partial charge >= 0.3 is 0 Å². The lowest BCUT2D eigenvalue weighted by Gasteiger charge is -2.29. The van der Waals surface area contributed by atoms with E-state index in [1.54, 1.807) is 35.1 Å². The van der Waals surface area contributed by atoms with Crippen molar-refractivity contribution < 1.29 is 9.53 Å². The standard InChI is InChI=1S/C26H23ClN6O2/c1-3-35-20-9-5-4-8-19(20)23-22(25(34)30-21-10-6-7-15-28-21)16(2)29-26-31-24(32-33(23)26)17-11-13-18(27)14-12-17/h4-15,23H,3H2,1-2H3,(H,28,30,34)(H,29,31,32). The van der Waals surface area contributed by atoms with Gasteiger partial charge in [0.1, 0.15) is 17.6 Å². The van der Waals surface area contributed by atoms with Gasteiger partial charge in [-0.15, -0.1) is 5.10 Å². The van der Waals surface area contributed by atoms with E-state index < -0.39 is 6.04 Å². The second kappa shape index (κ2) is 9.60. The van der Waals surface area contributed by atoms with E-state index in [9.17, 15) is 4.79 Å². The monoisotopic (exact) mass is 486 g/mol. The number of fused-ring (bicyclic) bond motifs is 1. The number of hydrogen-bond acceptors (Lipinski definition) is 6. The fraction of sp³-hybridized carbons (Fsp3) is 0.154. The molecule has 9 heteroatoms. The number of benzene rings is 2. The molecule has 2 aromatic carbocycles. The fourth-order valence-corrected chi connectivity index (χ4v) is 4.19. The molecule has 0 saturated carbocycles. The van der Waals surface area contributed by atoms with Crippen LogP contribution in [0.4, 0.5) is 11.8 Å². The molecule has 0 fully saturated rings. The summed E-state index contributed by atoms with van der Waals surface area (Å²) < 4.78 is 7.65. The van der Waals surface area contributed by atoms with Crippen LogP contribution in [0, 0.1) is 0 Å². The Kier molecular flexibility index (Phi) is 6.20. The second-order valence-electron chi connectivity index (χ2n) is 7.92. The molecule has 0 radical (unpaired) electrons. The number of anilines is 2. The molecule has 3 heterocycles. The van der Waals surface area contributed by atoms with Crippen molar-refractivity contribution in [1.29, 1.82) is 0 Å². The van der Waals surface area contributed by atoms with E-state index in [-0.39, 0.29) is 5.91 Å². The normalized spacial score (nSPS) is 14.8. The number of hydrogen-bond donors (Lipinski definition) is 2. The summed E-state index contributed by atoms with van der Waals surface area (Å²) in [5, 5.41) is 11.6. The summed E-state index contributed by atoms with van der Waals surface area (Å²) >= 11 is 6.06. The smallest absolute Gasteiger partial charge is 0.257 e. The number of rotatable bonds is 6. The maximum absolute atomic E-state index is 13.6.